The van der Waals surface area contributed by atoms with Gasteiger partial charge in [-0.3, -0.25) is 14.2 Å². The molecule has 0 aliphatic rings. The van der Waals surface area contributed by atoms with Gasteiger partial charge in [-0.05, 0) is 12.5 Å². The summed E-state index contributed by atoms with van der Waals surface area (Å²) in [5, 5.41) is 8.51. The molecule has 2 heterocycles. The second kappa shape index (κ2) is 6.70. The molecule has 6 heteroatoms. The molecule has 0 bridgehead atoms. The van der Waals surface area contributed by atoms with Crippen molar-refractivity contribution in [3.05, 3.63) is 71.3 Å². The first-order chi connectivity index (χ1) is 11.5. The van der Waals surface area contributed by atoms with Crippen molar-refractivity contribution in [3.8, 4) is 0 Å². The predicted molar refractivity (Wildman–Crippen MR) is 91.5 cm³/mol. The Labute approximate surface area is 141 Å². The molecule has 0 aliphatic carbocycles. The molecule has 3 rings (SSSR count). The van der Waals surface area contributed by atoms with Crippen LogP contribution in [0.3, 0.4) is 0 Å². The van der Waals surface area contributed by atoms with Gasteiger partial charge in [0.15, 0.2) is 0 Å². The molecular weight excluding hydrogens is 302 g/mol. The zero-order chi connectivity index (χ0) is 17.1. The lowest BCUT2D eigenvalue weighted by Crippen LogP contribution is -2.26. The molecule has 0 N–H and O–H groups in total. The van der Waals surface area contributed by atoms with E-state index in [9.17, 15) is 4.79 Å². The molecule has 3 aromatic rings. The van der Waals surface area contributed by atoms with Crippen molar-refractivity contribution >= 4 is 5.91 Å². The standard InChI is InChI=1S/C18H21N5O/c1-14-17(10-19-22(14)3)18(24)21(2)11-16-9-20-23(13-16)12-15-7-5-4-6-8-15/h4-10,13H,11-12H2,1-3H3. The highest BCUT2D eigenvalue weighted by Crippen LogP contribution is 2.12. The fourth-order valence-corrected chi connectivity index (χ4v) is 2.60. The van der Waals surface area contributed by atoms with Gasteiger partial charge in [0.2, 0.25) is 0 Å². The maximum Gasteiger partial charge on any atom is 0.257 e. The quantitative estimate of drug-likeness (QED) is 0.723. The van der Waals surface area contributed by atoms with Gasteiger partial charge in [-0.2, -0.15) is 10.2 Å². The first-order valence-electron chi connectivity index (χ1n) is 7.84. The molecule has 6 nitrogen and oxygen atoms in total. The van der Waals surface area contributed by atoms with Gasteiger partial charge in [0, 0.05) is 38.1 Å². The summed E-state index contributed by atoms with van der Waals surface area (Å²) in [6, 6.07) is 10.2. The summed E-state index contributed by atoms with van der Waals surface area (Å²) in [6.45, 7) is 3.13. The Morgan fingerprint density at radius 1 is 1.12 bits per heavy atom. The molecule has 0 saturated carbocycles. The van der Waals surface area contributed by atoms with E-state index in [1.807, 2.05) is 49.2 Å². The van der Waals surface area contributed by atoms with Crippen molar-refractivity contribution in [1.82, 2.24) is 24.5 Å². The second-order valence-corrected chi connectivity index (χ2v) is 5.96. The normalized spacial score (nSPS) is 10.8. The third-order valence-corrected chi connectivity index (χ3v) is 4.11. The minimum Gasteiger partial charge on any atom is -0.337 e. The third kappa shape index (κ3) is 3.37. The maximum absolute atomic E-state index is 12.5. The summed E-state index contributed by atoms with van der Waals surface area (Å²) in [5.74, 6) is -0.0311. The molecule has 1 amide bonds. The van der Waals surface area contributed by atoms with Crippen LogP contribution in [0.2, 0.25) is 0 Å². The van der Waals surface area contributed by atoms with Crippen molar-refractivity contribution < 1.29 is 4.79 Å². The van der Waals surface area contributed by atoms with E-state index in [1.54, 1.807) is 22.8 Å². The first kappa shape index (κ1) is 16.0. The van der Waals surface area contributed by atoms with Crippen molar-refractivity contribution in [2.45, 2.75) is 20.0 Å². The largest absolute Gasteiger partial charge is 0.337 e. The molecule has 0 unspecified atom stereocenters. The molecule has 0 saturated heterocycles. The Balaban J connectivity index is 1.66. The van der Waals surface area contributed by atoms with Crippen LogP contribution in [0.15, 0.2) is 48.9 Å². The highest BCUT2D eigenvalue weighted by molar-refractivity contribution is 5.94. The first-order valence-corrected chi connectivity index (χ1v) is 7.84. The zero-order valence-electron chi connectivity index (χ0n) is 14.2. The molecule has 0 fully saturated rings. The number of rotatable bonds is 5. The summed E-state index contributed by atoms with van der Waals surface area (Å²) in [4.78, 5) is 14.2. The fraction of sp³-hybridized carbons (Fsp3) is 0.278. The van der Waals surface area contributed by atoms with E-state index < -0.39 is 0 Å². The smallest absolute Gasteiger partial charge is 0.257 e. The maximum atomic E-state index is 12.5. The van der Waals surface area contributed by atoms with Crippen LogP contribution < -0.4 is 0 Å². The number of benzene rings is 1. The summed E-state index contributed by atoms with van der Waals surface area (Å²) < 4.78 is 3.59. The number of amides is 1. The van der Waals surface area contributed by atoms with Gasteiger partial charge >= 0.3 is 0 Å². The Kier molecular flexibility index (Phi) is 4.46. The molecule has 1 aromatic carbocycles. The van der Waals surface area contributed by atoms with Crippen LogP contribution in [-0.2, 0) is 20.1 Å². The lowest BCUT2D eigenvalue weighted by molar-refractivity contribution is 0.0784. The number of carbonyl (C=O) groups is 1. The van der Waals surface area contributed by atoms with Crippen molar-refractivity contribution in [2.24, 2.45) is 7.05 Å². The minimum absolute atomic E-state index is 0.0311. The molecule has 0 spiro atoms. The number of aryl methyl sites for hydroxylation is 1. The lowest BCUT2D eigenvalue weighted by atomic mass is 10.2. The van der Waals surface area contributed by atoms with Crippen molar-refractivity contribution in [2.75, 3.05) is 7.05 Å². The van der Waals surface area contributed by atoms with Crippen molar-refractivity contribution in [1.29, 1.82) is 0 Å². The van der Waals surface area contributed by atoms with E-state index in [-0.39, 0.29) is 5.91 Å². The second-order valence-electron chi connectivity index (χ2n) is 5.96. The van der Waals surface area contributed by atoms with Crippen LogP contribution in [0.25, 0.3) is 0 Å². The average Bonchev–Trinajstić information content (AvgIpc) is 3.15. The molecule has 0 aliphatic heterocycles. The lowest BCUT2D eigenvalue weighted by Gasteiger charge is -2.15. The van der Waals surface area contributed by atoms with Crippen molar-refractivity contribution in [3.63, 3.8) is 0 Å². The van der Waals surface area contributed by atoms with Crippen LogP contribution in [0, 0.1) is 6.92 Å². The monoisotopic (exact) mass is 323 g/mol. The fourth-order valence-electron chi connectivity index (χ4n) is 2.60. The Morgan fingerprint density at radius 3 is 2.54 bits per heavy atom. The van der Waals surface area contributed by atoms with Crippen LogP contribution in [0.5, 0.6) is 0 Å². The molecule has 0 radical (unpaired) electrons. The van der Waals surface area contributed by atoms with Gasteiger partial charge in [-0.15, -0.1) is 0 Å². The minimum atomic E-state index is -0.0311. The predicted octanol–water partition coefficient (Wildman–Crippen LogP) is 2.25. The van der Waals surface area contributed by atoms with E-state index in [2.05, 4.69) is 22.3 Å². The van der Waals surface area contributed by atoms with Crippen LogP contribution in [0.1, 0.15) is 27.2 Å². The van der Waals surface area contributed by atoms with Gasteiger partial charge in [-0.25, -0.2) is 0 Å². The number of hydrogen-bond donors (Lipinski definition) is 0. The number of nitrogens with zero attached hydrogens (tertiary/aromatic N) is 5. The number of carbonyl (C=O) groups excluding carboxylic acids is 1. The van der Waals surface area contributed by atoms with Gasteiger partial charge in [0.1, 0.15) is 0 Å². The van der Waals surface area contributed by atoms with E-state index in [1.165, 1.54) is 5.56 Å². The third-order valence-electron chi connectivity index (χ3n) is 4.11. The Morgan fingerprint density at radius 2 is 1.88 bits per heavy atom. The van der Waals surface area contributed by atoms with E-state index >= 15 is 0 Å². The summed E-state index contributed by atoms with van der Waals surface area (Å²) in [5.41, 5.74) is 3.70. The molecule has 0 atom stereocenters. The zero-order valence-corrected chi connectivity index (χ0v) is 14.2. The molecular formula is C18H21N5O. The van der Waals surface area contributed by atoms with E-state index in [4.69, 9.17) is 0 Å². The summed E-state index contributed by atoms with van der Waals surface area (Å²) in [6.07, 6.45) is 5.41. The van der Waals surface area contributed by atoms with Crippen LogP contribution >= 0.6 is 0 Å². The van der Waals surface area contributed by atoms with Gasteiger partial charge in [-0.1, -0.05) is 30.3 Å². The Bertz CT molecular complexity index is 834. The molecule has 2 aromatic heterocycles. The highest BCUT2D eigenvalue weighted by atomic mass is 16.2. The van der Waals surface area contributed by atoms with Crippen LogP contribution in [-0.4, -0.2) is 37.4 Å². The molecule has 24 heavy (non-hydrogen) atoms. The van der Waals surface area contributed by atoms with Gasteiger partial charge in [0.25, 0.3) is 5.91 Å². The Hall–Kier alpha value is -2.89. The SMILES string of the molecule is Cc1c(C(=O)N(C)Cc2cnn(Cc3ccccc3)c2)cnn1C. The summed E-state index contributed by atoms with van der Waals surface area (Å²) in [7, 11) is 3.63. The average molecular weight is 323 g/mol. The topological polar surface area (TPSA) is 56.0 Å². The number of aromatic nitrogens is 4. The van der Waals surface area contributed by atoms with Crippen LogP contribution in [0.4, 0.5) is 0 Å². The van der Waals surface area contributed by atoms with E-state index in [0.29, 0.717) is 12.1 Å². The van der Waals surface area contributed by atoms with Gasteiger partial charge < -0.3 is 4.90 Å². The number of hydrogen-bond acceptors (Lipinski definition) is 3. The van der Waals surface area contributed by atoms with Gasteiger partial charge in [0.05, 0.1) is 24.5 Å². The van der Waals surface area contributed by atoms with E-state index in [0.717, 1.165) is 17.8 Å². The molecule has 124 valence electrons. The summed E-state index contributed by atoms with van der Waals surface area (Å²) >= 11 is 0. The highest BCUT2D eigenvalue weighted by Gasteiger charge is 2.17.